The maximum absolute atomic E-state index is 11.3. The number of primary sulfonamides is 1. The number of para-hydroxylation sites is 1. The minimum absolute atomic E-state index is 0.142. The Balaban J connectivity index is 2.88. The van der Waals surface area contributed by atoms with Crippen molar-refractivity contribution < 1.29 is 8.42 Å². The van der Waals surface area contributed by atoms with Gasteiger partial charge in [-0.25, -0.2) is 13.6 Å². The second-order valence-electron chi connectivity index (χ2n) is 3.47. The summed E-state index contributed by atoms with van der Waals surface area (Å²) in [5, 5.41) is 8.62. The Bertz CT molecular complexity index is 446. The van der Waals surface area contributed by atoms with Crippen LogP contribution in [0.4, 0.5) is 5.69 Å². The Kier molecular flexibility index (Phi) is 4.64. The fraction of sp³-hybridized carbons (Fsp3) is 0.400. The van der Waals surface area contributed by atoms with Gasteiger partial charge < -0.3 is 5.32 Å². The highest BCUT2D eigenvalue weighted by molar-refractivity contribution is 7.99. The van der Waals surface area contributed by atoms with E-state index in [-0.39, 0.29) is 4.90 Å². The van der Waals surface area contributed by atoms with Gasteiger partial charge in [-0.3, -0.25) is 0 Å². The van der Waals surface area contributed by atoms with Crippen LogP contribution in [0.5, 0.6) is 0 Å². The summed E-state index contributed by atoms with van der Waals surface area (Å²) in [6.07, 6.45) is 2.01. The molecule has 1 unspecified atom stereocenters. The van der Waals surface area contributed by atoms with Crippen molar-refractivity contribution in [1.82, 2.24) is 0 Å². The summed E-state index contributed by atoms with van der Waals surface area (Å²) >= 11 is 1.71. The molecule has 0 radical (unpaired) electrons. The normalized spacial score (nSPS) is 13.4. The van der Waals surface area contributed by atoms with E-state index >= 15 is 0 Å². The van der Waals surface area contributed by atoms with Gasteiger partial charge in [-0.1, -0.05) is 19.1 Å². The molecule has 0 aliphatic carbocycles. The Morgan fingerprint density at radius 3 is 2.62 bits per heavy atom. The molecular formula is C10H16N2O2S2. The van der Waals surface area contributed by atoms with Crippen LogP contribution in [0.3, 0.4) is 0 Å². The van der Waals surface area contributed by atoms with Crippen LogP contribution < -0.4 is 10.5 Å². The van der Waals surface area contributed by atoms with E-state index in [4.69, 9.17) is 5.14 Å². The van der Waals surface area contributed by atoms with E-state index in [9.17, 15) is 8.42 Å². The van der Waals surface area contributed by atoms with E-state index < -0.39 is 10.0 Å². The van der Waals surface area contributed by atoms with E-state index in [2.05, 4.69) is 12.2 Å². The number of nitrogens with two attached hydrogens (primary N) is 1. The first-order chi connectivity index (χ1) is 7.45. The van der Waals surface area contributed by atoms with Crippen molar-refractivity contribution >= 4 is 27.5 Å². The largest absolute Gasteiger partial charge is 0.383 e. The topological polar surface area (TPSA) is 72.2 Å². The zero-order valence-corrected chi connectivity index (χ0v) is 10.9. The van der Waals surface area contributed by atoms with Crippen molar-refractivity contribution in [1.29, 1.82) is 0 Å². The molecule has 0 aliphatic rings. The van der Waals surface area contributed by atoms with Crippen LogP contribution in [0, 0.1) is 0 Å². The van der Waals surface area contributed by atoms with Crippen molar-refractivity contribution in [3.63, 3.8) is 0 Å². The maximum atomic E-state index is 11.3. The Labute approximate surface area is 101 Å². The van der Waals surface area contributed by atoms with Crippen LogP contribution in [0.1, 0.15) is 6.92 Å². The smallest absolute Gasteiger partial charge is 0.240 e. The summed E-state index contributed by atoms with van der Waals surface area (Å²) in [5.41, 5.74) is 0.561. The molecule has 3 N–H and O–H groups in total. The molecule has 6 heteroatoms. The number of sulfonamides is 1. The minimum Gasteiger partial charge on any atom is -0.383 e. The first kappa shape index (κ1) is 13.3. The molecule has 1 rings (SSSR count). The van der Waals surface area contributed by atoms with E-state index in [0.29, 0.717) is 17.5 Å². The number of thioether (sulfide) groups is 1. The zero-order valence-electron chi connectivity index (χ0n) is 9.30. The van der Waals surface area contributed by atoms with Crippen molar-refractivity contribution in [3.8, 4) is 0 Å². The van der Waals surface area contributed by atoms with E-state index in [0.717, 1.165) is 0 Å². The molecule has 0 saturated heterocycles. The third-order valence-corrected chi connectivity index (χ3v) is 4.12. The summed E-state index contributed by atoms with van der Waals surface area (Å²) < 4.78 is 22.6. The van der Waals surface area contributed by atoms with E-state index in [1.165, 1.54) is 6.07 Å². The summed E-state index contributed by atoms with van der Waals surface area (Å²) in [6, 6.07) is 6.65. The third-order valence-electron chi connectivity index (χ3n) is 2.18. The van der Waals surface area contributed by atoms with Gasteiger partial charge in [0.1, 0.15) is 4.90 Å². The first-order valence-electron chi connectivity index (χ1n) is 4.83. The summed E-state index contributed by atoms with van der Waals surface area (Å²) in [4.78, 5) is 0.142. The van der Waals surface area contributed by atoms with Gasteiger partial charge in [-0.05, 0) is 18.4 Å². The van der Waals surface area contributed by atoms with Crippen molar-refractivity contribution in [2.24, 2.45) is 5.14 Å². The third kappa shape index (κ3) is 3.70. The van der Waals surface area contributed by atoms with Crippen molar-refractivity contribution in [3.05, 3.63) is 24.3 Å². The SMILES string of the molecule is CSC(C)CNc1ccccc1S(N)(=O)=O. The average Bonchev–Trinajstić information content (AvgIpc) is 2.25. The highest BCUT2D eigenvalue weighted by Gasteiger charge is 2.13. The lowest BCUT2D eigenvalue weighted by Crippen LogP contribution is -2.18. The fourth-order valence-electron chi connectivity index (χ4n) is 1.20. The molecule has 4 nitrogen and oxygen atoms in total. The van der Waals surface area contributed by atoms with Gasteiger partial charge in [0.2, 0.25) is 10.0 Å². The Morgan fingerprint density at radius 2 is 2.06 bits per heavy atom. The van der Waals surface area contributed by atoms with Crippen LogP contribution >= 0.6 is 11.8 Å². The molecule has 0 fully saturated rings. The molecule has 0 amide bonds. The molecule has 0 bridgehead atoms. The fourth-order valence-corrected chi connectivity index (χ4v) is 2.16. The number of rotatable bonds is 5. The Morgan fingerprint density at radius 1 is 1.44 bits per heavy atom. The summed E-state index contributed by atoms with van der Waals surface area (Å²) in [5.74, 6) is 0. The molecule has 0 spiro atoms. The molecule has 90 valence electrons. The monoisotopic (exact) mass is 260 g/mol. The predicted octanol–water partition coefficient (Wildman–Crippen LogP) is 1.50. The molecule has 0 aliphatic heterocycles. The molecule has 0 aromatic heterocycles. The first-order valence-corrected chi connectivity index (χ1v) is 7.67. The molecule has 1 aromatic carbocycles. The lowest BCUT2D eigenvalue weighted by Gasteiger charge is -2.13. The van der Waals surface area contributed by atoms with E-state index in [1.807, 2.05) is 6.26 Å². The second-order valence-corrected chi connectivity index (χ2v) is 6.27. The number of hydrogen-bond donors (Lipinski definition) is 2. The van der Waals surface area contributed by atoms with Crippen LogP contribution in [0.25, 0.3) is 0 Å². The van der Waals surface area contributed by atoms with Gasteiger partial charge in [0.05, 0.1) is 5.69 Å². The highest BCUT2D eigenvalue weighted by atomic mass is 32.2. The lowest BCUT2D eigenvalue weighted by atomic mass is 10.3. The molecule has 1 aromatic rings. The van der Waals surface area contributed by atoms with E-state index in [1.54, 1.807) is 30.0 Å². The summed E-state index contributed by atoms with van der Waals surface area (Å²) in [7, 11) is -3.66. The van der Waals surface area contributed by atoms with Crippen LogP contribution in [-0.4, -0.2) is 26.5 Å². The Hall–Kier alpha value is -0.720. The van der Waals surface area contributed by atoms with Gasteiger partial charge in [-0.2, -0.15) is 11.8 Å². The standard InChI is InChI=1S/C10H16N2O2S2/c1-8(15-2)7-12-9-5-3-4-6-10(9)16(11,13)14/h3-6,8,12H,7H2,1-2H3,(H2,11,13,14). The molecule has 1 atom stereocenters. The summed E-state index contributed by atoms with van der Waals surface area (Å²) in [6.45, 7) is 2.77. The maximum Gasteiger partial charge on any atom is 0.240 e. The van der Waals surface area contributed by atoms with Crippen LogP contribution in [0.2, 0.25) is 0 Å². The molecule has 16 heavy (non-hydrogen) atoms. The number of benzene rings is 1. The van der Waals surface area contributed by atoms with Gasteiger partial charge in [0, 0.05) is 11.8 Å². The predicted molar refractivity (Wildman–Crippen MR) is 69.3 cm³/mol. The second kappa shape index (κ2) is 5.56. The van der Waals surface area contributed by atoms with Crippen LogP contribution in [-0.2, 0) is 10.0 Å². The molecular weight excluding hydrogens is 244 g/mol. The molecule has 0 heterocycles. The van der Waals surface area contributed by atoms with Crippen molar-refractivity contribution in [2.45, 2.75) is 17.1 Å². The number of hydrogen-bond acceptors (Lipinski definition) is 4. The van der Waals surface area contributed by atoms with Gasteiger partial charge >= 0.3 is 0 Å². The van der Waals surface area contributed by atoms with Crippen molar-refractivity contribution in [2.75, 3.05) is 18.1 Å². The number of anilines is 1. The highest BCUT2D eigenvalue weighted by Crippen LogP contribution is 2.19. The van der Waals surface area contributed by atoms with Gasteiger partial charge in [0.25, 0.3) is 0 Å². The van der Waals surface area contributed by atoms with Gasteiger partial charge in [-0.15, -0.1) is 0 Å². The van der Waals surface area contributed by atoms with Crippen LogP contribution in [0.15, 0.2) is 29.2 Å². The minimum atomic E-state index is -3.66. The zero-order chi connectivity index (χ0) is 12.2. The van der Waals surface area contributed by atoms with Gasteiger partial charge in [0.15, 0.2) is 0 Å². The molecule has 0 saturated carbocycles. The average molecular weight is 260 g/mol. The lowest BCUT2D eigenvalue weighted by molar-refractivity contribution is 0.598. The quantitative estimate of drug-likeness (QED) is 0.841. The number of nitrogens with one attached hydrogen (secondary N) is 1.